The van der Waals surface area contributed by atoms with Gasteiger partial charge in [0, 0.05) is 23.9 Å². The first-order valence-electron chi connectivity index (χ1n) is 6.68. The minimum absolute atomic E-state index is 0.342. The average molecular weight is 282 g/mol. The highest BCUT2D eigenvalue weighted by Crippen LogP contribution is 2.08. The van der Waals surface area contributed by atoms with E-state index in [9.17, 15) is 4.79 Å². The van der Waals surface area contributed by atoms with Crippen molar-refractivity contribution in [3.05, 3.63) is 65.7 Å². The molecule has 0 heterocycles. The maximum absolute atomic E-state index is 11.6. The third-order valence-corrected chi connectivity index (χ3v) is 2.96. The topological polar surface area (TPSA) is 78.3 Å². The molecular weight excluding hydrogens is 264 g/mol. The summed E-state index contributed by atoms with van der Waals surface area (Å²) in [7, 11) is 0. The maximum atomic E-state index is 11.6. The van der Waals surface area contributed by atoms with Crippen LogP contribution in [0.4, 0.5) is 11.4 Å². The standard InChI is InChI=1S/C17H18N2O2/c18-15-6-1-13(2-7-15)5-10-17(20)21-12-11-14-3-8-16(19)9-4-14/h1-10H,11-12,18-19H2/b10-5+. The Hall–Kier alpha value is -2.75. The molecule has 0 radical (unpaired) electrons. The molecule has 21 heavy (non-hydrogen) atoms. The van der Waals surface area contributed by atoms with Crippen molar-refractivity contribution in [3.8, 4) is 0 Å². The highest BCUT2D eigenvalue weighted by molar-refractivity contribution is 5.87. The first-order chi connectivity index (χ1) is 10.1. The van der Waals surface area contributed by atoms with E-state index >= 15 is 0 Å². The fourth-order valence-electron chi connectivity index (χ4n) is 1.77. The van der Waals surface area contributed by atoms with Crippen LogP contribution in [0.5, 0.6) is 0 Å². The van der Waals surface area contributed by atoms with Crippen LogP contribution in [-0.2, 0) is 16.0 Å². The molecule has 4 nitrogen and oxygen atoms in total. The van der Waals surface area contributed by atoms with Crippen LogP contribution >= 0.6 is 0 Å². The van der Waals surface area contributed by atoms with E-state index in [0.29, 0.717) is 18.7 Å². The second kappa shape index (κ2) is 7.14. The normalized spacial score (nSPS) is 10.7. The number of nitrogen functional groups attached to an aromatic ring is 2. The fourth-order valence-corrected chi connectivity index (χ4v) is 1.77. The van der Waals surface area contributed by atoms with Crippen LogP contribution in [-0.4, -0.2) is 12.6 Å². The smallest absolute Gasteiger partial charge is 0.330 e. The molecule has 108 valence electrons. The summed E-state index contributed by atoms with van der Waals surface area (Å²) >= 11 is 0. The van der Waals surface area contributed by atoms with Gasteiger partial charge >= 0.3 is 5.97 Å². The van der Waals surface area contributed by atoms with Crippen molar-refractivity contribution >= 4 is 23.4 Å². The SMILES string of the molecule is Nc1ccc(/C=C/C(=O)OCCc2ccc(N)cc2)cc1. The summed E-state index contributed by atoms with van der Waals surface area (Å²) in [5, 5.41) is 0. The Morgan fingerprint density at radius 2 is 1.52 bits per heavy atom. The number of hydrogen-bond donors (Lipinski definition) is 2. The summed E-state index contributed by atoms with van der Waals surface area (Å²) in [6.45, 7) is 0.342. The maximum Gasteiger partial charge on any atom is 0.330 e. The molecule has 4 heteroatoms. The van der Waals surface area contributed by atoms with Crippen LogP contribution in [0.3, 0.4) is 0 Å². The van der Waals surface area contributed by atoms with E-state index in [1.807, 2.05) is 36.4 Å². The lowest BCUT2D eigenvalue weighted by Crippen LogP contribution is -2.04. The Balaban J connectivity index is 1.77. The van der Waals surface area contributed by atoms with Gasteiger partial charge in [-0.1, -0.05) is 24.3 Å². The first-order valence-corrected chi connectivity index (χ1v) is 6.68. The predicted molar refractivity (Wildman–Crippen MR) is 85.4 cm³/mol. The van der Waals surface area contributed by atoms with Crippen molar-refractivity contribution in [2.45, 2.75) is 6.42 Å². The van der Waals surface area contributed by atoms with E-state index in [-0.39, 0.29) is 5.97 Å². The van der Waals surface area contributed by atoms with Crippen molar-refractivity contribution in [2.24, 2.45) is 0 Å². The van der Waals surface area contributed by atoms with E-state index in [2.05, 4.69) is 0 Å². The summed E-state index contributed by atoms with van der Waals surface area (Å²) in [6, 6.07) is 14.8. The van der Waals surface area contributed by atoms with Gasteiger partial charge in [0.1, 0.15) is 0 Å². The molecule has 0 spiro atoms. The molecule has 0 unspecified atom stereocenters. The lowest BCUT2D eigenvalue weighted by molar-refractivity contribution is -0.137. The molecule has 2 aromatic carbocycles. The van der Waals surface area contributed by atoms with Crippen molar-refractivity contribution in [1.29, 1.82) is 0 Å². The zero-order chi connectivity index (χ0) is 15.1. The Labute approximate surface area is 124 Å². The monoisotopic (exact) mass is 282 g/mol. The van der Waals surface area contributed by atoms with Gasteiger partial charge in [-0.05, 0) is 41.5 Å². The van der Waals surface area contributed by atoms with Crippen molar-refractivity contribution in [1.82, 2.24) is 0 Å². The van der Waals surface area contributed by atoms with Gasteiger partial charge in [-0.15, -0.1) is 0 Å². The van der Waals surface area contributed by atoms with Crippen molar-refractivity contribution < 1.29 is 9.53 Å². The second-order valence-corrected chi connectivity index (χ2v) is 4.66. The molecule has 0 aliphatic rings. The van der Waals surface area contributed by atoms with Crippen LogP contribution in [0.25, 0.3) is 6.08 Å². The number of carbonyl (C=O) groups is 1. The fraction of sp³-hybridized carbons (Fsp3) is 0.118. The van der Waals surface area contributed by atoms with Crippen molar-refractivity contribution in [2.75, 3.05) is 18.1 Å². The Morgan fingerprint density at radius 1 is 0.952 bits per heavy atom. The van der Waals surface area contributed by atoms with E-state index in [4.69, 9.17) is 16.2 Å². The average Bonchev–Trinajstić information content (AvgIpc) is 2.49. The number of rotatable bonds is 5. The second-order valence-electron chi connectivity index (χ2n) is 4.66. The molecule has 0 aromatic heterocycles. The van der Waals surface area contributed by atoms with E-state index in [0.717, 1.165) is 16.8 Å². The summed E-state index contributed by atoms with van der Waals surface area (Å²) in [5.41, 5.74) is 14.6. The molecule has 4 N–H and O–H groups in total. The molecule has 2 rings (SSSR count). The Kier molecular flexibility index (Phi) is 4.99. The zero-order valence-electron chi connectivity index (χ0n) is 11.7. The van der Waals surface area contributed by atoms with Gasteiger partial charge in [0.25, 0.3) is 0 Å². The molecule has 0 atom stereocenters. The Bertz CT molecular complexity index is 616. The number of anilines is 2. The van der Waals surface area contributed by atoms with Crippen LogP contribution in [0.1, 0.15) is 11.1 Å². The molecule has 0 amide bonds. The number of hydrogen-bond acceptors (Lipinski definition) is 4. The highest BCUT2D eigenvalue weighted by atomic mass is 16.5. The largest absolute Gasteiger partial charge is 0.462 e. The highest BCUT2D eigenvalue weighted by Gasteiger charge is 1.98. The van der Waals surface area contributed by atoms with E-state index in [1.165, 1.54) is 6.08 Å². The molecule has 2 aromatic rings. The lowest BCUT2D eigenvalue weighted by atomic mass is 10.1. The quantitative estimate of drug-likeness (QED) is 0.502. The van der Waals surface area contributed by atoms with Gasteiger partial charge in [-0.25, -0.2) is 4.79 Å². The number of benzene rings is 2. The van der Waals surface area contributed by atoms with Gasteiger partial charge < -0.3 is 16.2 Å². The molecule has 0 saturated heterocycles. The molecule has 0 aliphatic carbocycles. The lowest BCUT2D eigenvalue weighted by Gasteiger charge is -2.03. The number of nitrogens with two attached hydrogens (primary N) is 2. The molecular formula is C17H18N2O2. The minimum Gasteiger partial charge on any atom is -0.462 e. The van der Waals surface area contributed by atoms with Crippen LogP contribution < -0.4 is 11.5 Å². The third kappa shape index (κ3) is 5.03. The summed E-state index contributed by atoms with van der Waals surface area (Å²) in [5.74, 6) is -0.359. The minimum atomic E-state index is -0.359. The molecule has 0 fully saturated rings. The predicted octanol–water partition coefficient (Wildman–Crippen LogP) is 2.65. The van der Waals surface area contributed by atoms with E-state index < -0.39 is 0 Å². The summed E-state index contributed by atoms with van der Waals surface area (Å²) < 4.78 is 5.14. The molecule has 0 saturated carbocycles. The van der Waals surface area contributed by atoms with Crippen LogP contribution in [0.2, 0.25) is 0 Å². The van der Waals surface area contributed by atoms with Gasteiger partial charge in [-0.3, -0.25) is 0 Å². The number of ether oxygens (including phenoxy) is 1. The van der Waals surface area contributed by atoms with Gasteiger partial charge in [0.15, 0.2) is 0 Å². The zero-order valence-corrected chi connectivity index (χ0v) is 11.7. The summed E-state index contributed by atoms with van der Waals surface area (Å²) in [6.07, 6.45) is 3.78. The van der Waals surface area contributed by atoms with Gasteiger partial charge in [0.2, 0.25) is 0 Å². The summed E-state index contributed by atoms with van der Waals surface area (Å²) in [4.78, 5) is 11.6. The van der Waals surface area contributed by atoms with E-state index in [1.54, 1.807) is 18.2 Å². The van der Waals surface area contributed by atoms with Crippen molar-refractivity contribution in [3.63, 3.8) is 0 Å². The molecule has 0 bridgehead atoms. The number of carbonyl (C=O) groups excluding carboxylic acids is 1. The van der Waals surface area contributed by atoms with Gasteiger partial charge in [0.05, 0.1) is 6.61 Å². The van der Waals surface area contributed by atoms with Crippen LogP contribution in [0, 0.1) is 0 Å². The van der Waals surface area contributed by atoms with Crippen LogP contribution in [0.15, 0.2) is 54.6 Å². The third-order valence-electron chi connectivity index (χ3n) is 2.96. The van der Waals surface area contributed by atoms with Gasteiger partial charge in [-0.2, -0.15) is 0 Å². The first kappa shape index (κ1) is 14.7. The number of esters is 1. The Morgan fingerprint density at radius 3 is 2.14 bits per heavy atom. The molecule has 0 aliphatic heterocycles.